The SMILES string of the molecule is Cc1ccc(C[C@@H]2NC(=O)[C@@H]3CCCN3[C@H](C(=O)NC(C)(C)C)CNC(=O)[C@H]([C@@H](C)O)NC(=O)[C@H](CC(=O)O)CC(=O)[C@H](CC(C)C)NC2=O)cc1. The number of amides is 5. The predicted octanol–water partition coefficient (Wildman–Crippen LogP) is 0.346. The van der Waals surface area contributed by atoms with Gasteiger partial charge in [-0.15, -0.1) is 0 Å². The van der Waals surface area contributed by atoms with Crippen molar-refractivity contribution >= 4 is 41.3 Å². The molecule has 288 valence electrons. The number of carboxylic acid groups (broad SMARTS) is 1. The molecule has 7 atom stereocenters. The summed E-state index contributed by atoms with van der Waals surface area (Å²) < 4.78 is 0. The molecule has 0 spiro atoms. The van der Waals surface area contributed by atoms with Crippen molar-refractivity contribution in [2.45, 2.75) is 129 Å². The van der Waals surface area contributed by atoms with Crippen molar-refractivity contribution in [3.63, 3.8) is 0 Å². The van der Waals surface area contributed by atoms with Gasteiger partial charge in [0.1, 0.15) is 18.1 Å². The normalized spacial score (nSPS) is 26.6. The number of carbonyl (C=O) groups is 7. The van der Waals surface area contributed by atoms with Crippen molar-refractivity contribution in [2.24, 2.45) is 11.8 Å². The molecule has 1 aromatic carbocycles. The van der Waals surface area contributed by atoms with Crippen LogP contribution in [0.5, 0.6) is 0 Å². The number of benzene rings is 1. The van der Waals surface area contributed by atoms with E-state index < -0.39 is 102 Å². The van der Waals surface area contributed by atoms with Crippen LogP contribution in [0, 0.1) is 18.8 Å². The first-order valence-electron chi connectivity index (χ1n) is 18.0. The molecule has 0 aliphatic carbocycles. The van der Waals surface area contributed by atoms with Crippen molar-refractivity contribution in [3.05, 3.63) is 35.4 Å². The summed E-state index contributed by atoms with van der Waals surface area (Å²) in [5.41, 5.74) is 1.08. The second-order valence-corrected chi connectivity index (χ2v) is 15.5. The molecule has 2 saturated heterocycles. The predicted molar refractivity (Wildman–Crippen MR) is 192 cm³/mol. The molecule has 2 heterocycles. The van der Waals surface area contributed by atoms with Gasteiger partial charge in [-0.3, -0.25) is 38.5 Å². The second-order valence-electron chi connectivity index (χ2n) is 15.5. The van der Waals surface area contributed by atoms with E-state index in [-0.39, 0.29) is 25.3 Å². The van der Waals surface area contributed by atoms with Crippen LogP contribution >= 0.6 is 0 Å². The van der Waals surface area contributed by atoms with E-state index in [1.807, 2.05) is 45.0 Å². The van der Waals surface area contributed by atoms with E-state index in [9.17, 15) is 43.8 Å². The molecule has 3 rings (SSSR count). The highest BCUT2D eigenvalue weighted by molar-refractivity contribution is 5.97. The number of aliphatic hydroxyl groups excluding tert-OH is 1. The quantitative estimate of drug-likeness (QED) is 0.195. The summed E-state index contributed by atoms with van der Waals surface area (Å²) in [6, 6.07) is 1.71. The smallest absolute Gasteiger partial charge is 0.304 e. The Morgan fingerprint density at radius 2 is 1.56 bits per heavy atom. The number of carbonyl (C=O) groups excluding carboxylic acids is 6. The number of rotatable bonds is 8. The minimum absolute atomic E-state index is 0.0853. The van der Waals surface area contributed by atoms with Gasteiger partial charge in [-0.05, 0) is 71.9 Å². The van der Waals surface area contributed by atoms with Gasteiger partial charge in [-0.25, -0.2) is 0 Å². The van der Waals surface area contributed by atoms with E-state index in [4.69, 9.17) is 0 Å². The number of aliphatic carboxylic acids is 1. The van der Waals surface area contributed by atoms with E-state index >= 15 is 0 Å². The average molecular weight is 729 g/mol. The number of nitrogens with one attached hydrogen (secondary N) is 5. The fourth-order valence-corrected chi connectivity index (χ4v) is 6.55. The lowest BCUT2D eigenvalue weighted by Gasteiger charge is -2.35. The molecule has 2 aliphatic heterocycles. The van der Waals surface area contributed by atoms with Gasteiger partial charge in [0.25, 0.3) is 0 Å². The molecule has 0 aromatic heterocycles. The number of carboxylic acids is 1. The first-order chi connectivity index (χ1) is 24.2. The van der Waals surface area contributed by atoms with E-state index in [0.717, 1.165) is 11.1 Å². The largest absolute Gasteiger partial charge is 0.481 e. The third-order valence-corrected chi connectivity index (χ3v) is 9.18. The van der Waals surface area contributed by atoms with Crippen molar-refractivity contribution in [1.29, 1.82) is 0 Å². The number of fused-ring (bicyclic) bond motifs is 1. The number of ketones is 1. The minimum Gasteiger partial charge on any atom is -0.481 e. The number of hydrogen-bond donors (Lipinski definition) is 7. The number of Topliss-reactive ketones (excluding diaryl/α,β-unsaturated/α-hetero) is 1. The maximum Gasteiger partial charge on any atom is 0.304 e. The number of hydrogen-bond acceptors (Lipinski definition) is 9. The molecular weight excluding hydrogens is 672 g/mol. The van der Waals surface area contributed by atoms with E-state index in [0.29, 0.717) is 19.4 Å². The molecule has 2 fully saturated rings. The molecule has 7 N–H and O–H groups in total. The van der Waals surface area contributed by atoms with Gasteiger partial charge in [0, 0.05) is 24.9 Å². The van der Waals surface area contributed by atoms with Gasteiger partial charge in [-0.2, -0.15) is 0 Å². The van der Waals surface area contributed by atoms with Crippen LogP contribution in [0.2, 0.25) is 0 Å². The number of nitrogens with zero attached hydrogens (tertiary/aromatic N) is 1. The summed E-state index contributed by atoms with van der Waals surface area (Å²) in [5.74, 6) is -6.91. The topological polar surface area (TPSA) is 223 Å². The van der Waals surface area contributed by atoms with Gasteiger partial charge in [0.15, 0.2) is 5.78 Å². The molecule has 0 saturated carbocycles. The van der Waals surface area contributed by atoms with Crippen molar-refractivity contribution < 1.29 is 43.8 Å². The van der Waals surface area contributed by atoms with Crippen molar-refractivity contribution in [1.82, 2.24) is 31.5 Å². The Balaban J connectivity index is 2.12. The second kappa shape index (κ2) is 18.4. The summed E-state index contributed by atoms with van der Waals surface area (Å²) in [6.07, 6.45) is -1.62. The lowest BCUT2D eigenvalue weighted by atomic mass is 9.90. The van der Waals surface area contributed by atoms with Crippen LogP contribution < -0.4 is 26.6 Å². The maximum atomic E-state index is 14.1. The fourth-order valence-electron chi connectivity index (χ4n) is 6.55. The highest BCUT2D eigenvalue weighted by Crippen LogP contribution is 2.23. The zero-order chi connectivity index (χ0) is 38.9. The minimum atomic E-state index is -1.56. The van der Waals surface area contributed by atoms with Gasteiger partial charge in [0.2, 0.25) is 29.5 Å². The van der Waals surface area contributed by atoms with Gasteiger partial charge < -0.3 is 36.8 Å². The van der Waals surface area contributed by atoms with Gasteiger partial charge in [0.05, 0.1) is 30.5 Å². The Labute approximate surface area is 305 Å². The first kappa shape index (κ1) is 42.0. The molecule has 0 unspecified atom stereocenters. The molecular formula is C37H56N6O9. The third-order valence-electron chi connectivity index (χ3n) is 9.18. The van der Waals surface area contributed by atoms with E-state index in [2.05, 4.69) is 26.6 Å². The summed E-state index contributed by atoms with van der Waals surface area (Å²) in [7, 11) is 0. The Morgan fingerprint density at radius 1 is 0.923 bits per heavy atom. The summed E-state index contributed by atoms with van der Waals surface area (Å²) >= 11 is 0. The van der Waals surface area contributed by atoms with Crippen LogP contribution in [-0.4, -0.2) is 111 Å². The molecule has 0 bridgehead atoms. The Kier molecular flexibility index (Phi) is 14.9. The molecule has 52 heavy (non-hydrogen) atoms. The van der Waals surface area contributed by atoms with Crippen LogP contribution in [0.25, 0.3) is 0 Å². The standard InChI is InChI=1S/C37H56N6O9/c1-20(2)15-25-29(45)17-24(18-30(46)47)32(48)41-31(22(4)44)36(52)38-19-28(35(51)42-37(5,6)7)43-14-8-9-27(43)34(50)40-26(33(49)39-25)16-23-12-10-21(3)11-13-23/h10-13,20,22,24-28,31,44H,8-9,14-19H2,1-7H3,(H,38,52)(H,39,49)(H,40,50)(H,41,48)(H,42,51)(H,46,47)/t22-,24+,25+,26+,27+,28+,31+/m1/s1. The van der Waals surface area contributed by atoms with Crippen molar-refractivity contribution in [2.75, 3.05) is 13.1 Å². The van der Waals surface area contributed by atoms with Crippen LogP contribution in [0.1, 0.15) is 84.8 Å². The first-order valence-corrected chi connectivity index (χ1v) is 18.0. The zero-order valence-electron chi connectivity index (χ0n) is 31.3. The van der Waals surface area contributed by atoms with Gasteiger partial charge >= 0.3 is 5.97 Å². The third kappa shape index (κ3) is 12.4. The van der Waals surface area contributed by atoms with Crippen LogP contribution in [0.4, 0.5) is 0 Å². The Bertz CT molecular complexity index is 1470. The van der Waals surface area contributed by atoms with Gasteiger partial charge in [-0.1, -0.05) is 43.7 Å². The van der Waals surface area contributed by atoms with E-state index in [1.165, 1.54) is 6.92 Å². The molecule has 15 nitrogen and oxygen atoms in total. The van der Waals surface area contributed by atoms with Crippen LogP contribution in [0.3, 0.4) is 0 Å². The Morgan fingerprint density at radius 3 is 2.13 bits per heavy atom. The van der Waals surface area contributed by atoms with Crippen molar-refractivity contribution in [3.8, 4) is 0 Å². The molecule has 0 radical (unpaired) electrons. The summed E-state index contributed by atoms with van der Waals surface area (Å²) in [5, 5.41) is 33.7. The molecule has 1 aromatic rings. The monoisotopic (exact) mass is 728 g/mol. The van der Waals surface area contributed by atoms with Crippen LogP contribution in [0.15, 0.2) is 24.3 Å². The fraction of sp³-hybridized carbons (Fsp3) is 0.649. The number of aryl methyl sites for hydroxylation is 1. The molecule has 2 aliphatic rings. The lowest BCUT2D eigenvalue weighted by Crippen LogP contribution is -2.62. The highest BCUT2D eigenvalue weighted by atomic mass is 16.4. The highest BCUT2D eigenvalue weighted by Gasteiger charge is 2.42. The zero-order valence-corrected chi connectivity index (χ0v) is 31.3. The summed E-state index contributed by atoms with van der Waals surface area (Å²) in [6.45, 7) is 12.2. The van der Waals surface area contributed by atoms with Crippen LogP contribution in [-0.2, 0) is 40.0 Å². The molecule has 5 amide bonds. The summed E-state index contributed by atoms with van der Waals surface area (Å²) in [4.78, 5) is 96.2. The maximum absolute atomic E-state index is 14.1. The van der Waals surface area contributed by atoms with E-state index in [1.54, 1.807) is 25.7 Å². The Hall–Kier alpha value is -4.37. The molecule has 15 heteroatoms. The average Bonchev–Trinajstić information content (AvgIpc) is 3.51. The number of aliphatic hydroxyl groups is 1. The lowest BCUT2D eigenvalue weighted by molar-refractivity contribution is -0.143.